The Kier molecular flexibility index (Phi) is 5.87. The molecule has 0 spiro atoms. The predicted octanol–water partition coefficient (Wildman–Crippen LogP) is 1.27. The Morgan fingerprint density at radius 3 is 2.52 bits per heavy atom. The van der Waals surface area contributed by atoms with Crippen molar-refractivity contribution in [2.75, 3.05) is 32.7 Å². The number of carbonyl (C=O) groups is 3. The van der Waals surface area contributed by atoms with Crippen LogP contribution in [0.4, 0.5) is 0 Å². The number of hydrogen-bond acceptors (Lipinski definition) is 5. The number of ether oxygens (including phenoxy) is 1. The predicted molar refractivity (Wildman–Crippen MR) is 85.5 cm³/mol. The van der Waals surface area contributed by atoms with Gasteiger partial charge in [0.05, 0.1) is 0 Å². The number of benzene rings is 1. The molecule has 1 aromatic carbocycles. The van der Waals surface area contributed by atoms with Crippen molar-refractivity contribution in [3.63, 3.8) is 0 Å². The standard InChI is InChI=1S/C17H22N2O4/c1-13-3-4-15(11-17(13)23-12-20)16(22)5-6-18-7-9-19(10-8-18)14(2)21/h3-4,11-12H,5-10H2,1-2H3. The van der Waals surface area contributed by atoms with Gasteiger partial charge in [-0.15, -0.1) is 0 Å². The molecule has 1 fully saturated rings. The third-order valence-corrected chi connectivity index (χ3v) is 4.16. The van der Waals surface area contributed by atoms with Gasteiger partial charge in [-0.3, -0.25) is 19.3 Å². The van der Waals surface area contributed by atoms with Crippen molar-refractivity contribution < 1.29 is 19.1 Å². The average molecular weight is 318 g/mol. The van der Waals surface area contributed by atoms with E-state index in [9.17, 15) is 14.4 Å². The zero-order valence-electron chi connectivity index (χ0n) is 13.6. The second-order valence-electron chi connectivity index (χ2n) is 5.72. The van der Waals surface area contributed by atoms with Gasteiger partial charge in [0.15, 0.2) is 5.78 Å². The van der Waals surface area contributed by atoms with Gasteiger partial charge >= 0.3 is 0 Å². The van der Waals surface area contributed by atoms with Gasteiger partial charge in [0.25, 0.3) is 6.47 Å². The van der Waals surface area contributed by atoms with Crippen LogP contribution in [0, 0.1) is 6.92 Å². The number of ketones is 1. The highest BCUT2D eigenvalue weighted by Gasteiger charge is 2.19. The number of hydrogen-bond donors (Lipinski definition) is 0. The normalized spacial score (nSPS) is 15.3. The molecule has 0 unspecified atom stereocenters. The van der Waals surface area contributed by atoms with E-state index in [0.717, 1.165) is 18.7 Å². The number of rotatable bonds is 6. The van der Waals surface area contributed by atoms with E-state index in [1.54, 1.807) is 25.1 Å². The summed E-state index contributed by atoms with van der Waals surface area (Å²) in [7, 11) is 0. The number of carbonyl (C=O) groups excluding carboxylic acids is 3. The molecular formula is C17H22N2O4. The van der Waals surface area contributed by atoms with Crippen molar-refractivity contribution >= 4 is 18.2 Å². The van der Waals surface area contributed by atoms with Gasteiger partial charge in [0, 0.05) is 51.6 Å². The van der Waals surface area contributed by atoms with Gasteiger partial charge in [-0.05, 0) is 18.6 Å². The first-order valence-corrected chi connectivity index (χ1v) is 7.73. The number of piperazine rings is 1. The molecule has 1 heterocycles. The molecule has 2 rings (SSSR count). The zero-order valence-corrected chi connectivity index (χ0v) is 13.6. The lowest BCUT2D eigenvalue weighted by Crippen LogP contribution is -2.48. The van der Waals surface area contributed by atoms with Crippen molar-refractivity contribution in [2.24, 2.45) is 0 Å². The summed E-state index contributed by atoms with van der Waals surface area (Å²) in [5, 5.41) is 0. The summed E-state index contributed by atoms with van der Waals surface area (Å²) >= 11 is 0. The third kappa shape index (κ3) is 4.63. The maximum atomic E-state index is 12.3. The monoisotopic (exact) mass is 318 g/mol. The second-order valence-corrected chi connectivity index (χ2v) is 5.72. The molecular weight excluding hydrogens is 296 g/mol. The Bertz CT molecular complexity index is 592. The van der Waals surface area contributed by atoms with Crippen LogP contribution in [0.25, 0.3) is 0 Å². The van der Waals surface area contributed by atoms with E-state index in [4.69, 9.17) is 4.74 Å². The molecule has 0 saturated carbocycles. The fourth-order valence-corrected chi connectivity index (χ4v) is 2.64. The van der Waals surface area contributed by atoms with E-state index in [1.165, 1.54) is 0 Å². The van der Waals surface area contributed by atoms with Crippen LogP contribution in [0.5, 0.6) is 5.75 Å². The van der Waals surface area contributed by atoms with Crippen LogP contribution in [0.3, 0.4) is 0 Å². The highest BCUT2D eigenvalue weighted by molar-refractivity contribution is 5.96. The number of Topliss-reactive ketones (excluding diaryl/α,β-unsaturated/α-hetero) is 1. The number of aryl methyl sites for hydroxylation is 1. The highest BCUT2D eigenvalue weighted by Crippen LogP contribution is 2.20. The quantitative estimate of drug-likeness (QED) is 0.584. The Morgan fingerprint density at radius 1 is 1.22 bits per heavy atom. The van der Waals surface area contributed by atoms with E-state index in [2.05, 4.69) is 4.90 Å². The molecule has 1 aliphatic heterocycles. The first kappa shape index (κ1) is 17.1. The second kappa shape index (κ2) is 7.87. The first-order chi connectivity index (χ1) is 11.0. The molecule has 1 saturated heterocycles. The van der Waals surface area contributed by atoms with Gasteiger partial charge in [-0.1, -0.05) is 12.1 Å². The molecule has 0 aliphatic carbocycles. The minimum Gasteiger partial charge on any atom is -0.428 e. The molecule has 0 radical (unpaired) electrons. The smallest absolute Gasteiger partial charge is 0.298 e. The topological polar surface area (TPSA) is 66.9 Å². The van der Waals surface area contributed by atoms with Gasteiger partial charge < -0.3 is 9.64 Å². The molecule has 0 bridgehead atoms. The molecule has 1 aromatic rings. The maximum absolute atomic E-state index is 12.3. The zero-order chi connectivity index (χ0) is 16.8. The first-order valence-electron chi connectivity index (χ1n) is 7.73. The summed E-state index contributed by atoms with van der Waals surface area (Å²) in [6.45, 7) is 7.45. The van der Waals surface area contributed by atoms with Crippen LogP contribution < -0.4 is 4.74 Å². The van der Waals surface area contributed by atoms with E-state index >= 15 is 0 Å². The highest BCUT2D eigenvalue weighted by atomic mass is 16.5. The summed E-state index contributed by atoms with van der Waals surface area (Å²) in [5.74, 6) is 0.541. The fraction of sp³-hybridized carbons (Fsp3) is 0.471. The summed E-state index contributed by atoms with van der Waals surface area (Å²) in [4.78, 5) is 38.1. The minimum absolute atomic E-state index is 0.0229. The van der Waals surface area contributed by atoms with E-state index < -0.39 is 0 Å². The van der Waals surface area contributed by atoms with Crippen LogP contribution in [0.1, 0.15) is 29.3 Å². The van der Waals surface area contributed by atoms with Gasteiger partial charge in [-0.2, -0.15) is 0 Å². The summed E-state index contributed by atoms with van der Waals surface area (Å²) in [5.41, 5.74) is 1.36. The van der Waals surface area contributed by atoms with E-state index in [0.29, 0.717) is 43.8 Å². The summed E-state index contributed by atoms with van der Waals surface area (Å²) < 4.78 is 4.88. The molecule has 6 heteroatoms. The van der Waals surface area contributed by atoms with Gasteiger partial charge in [-0.25, -0.2) is 0 Å². The molecule has 124 valence electrons. The lowest BCUT2D eigenvalue weighted by molar-refractivity contribution is -0.130. The Hall–Kier alpha value is -2.21. The summed E-state index contributed by atoms with van der Waals surface area (Å²) in [6, 6.07) is 5.14. The molecule has 23 heavy (non-hydrogen) atoms. The number of amides is 1. The lowest BCUT2D eigenvalue weighted by Gasteiger charge is -2.34. The SMILES string of the molecule is CC(=O)N1CCN(CCC(=O)c2ccc(C)c(OC=O)c2)CC1. The van der Waals surface area contributed by atoms with E-state index in [1.807, 2.05) is 11.8 Å². The molecule has 0 atom stereocenters. The van der Waals surface area contributed by atoms with Crippen molar-refractivity contribution in [2.45, 2.75) is 20.3 Å². The Labute approximate surface area is 136 Å². The van der Waals surface area contributed by atoms with Crippen molar-refractivity contribution in [1.82, 2.24) is 9.80 Å². The van der Waals surface area contributed by atoms with Crippen molar-refractivity contribution in [3.8, 4) is 5.75 Å². The van der Waals surface area contributed by atoms with Gasteiger partial charge in [0.1, 0.15) is 5.75 Å². The molecule has 1 aliphatic rings. The van der Waals surface area contributed by atoms with Crippen LogP contribution >= 0.6 is 0 Å². The molecule has 0 N–H and O–H groups in total. The minimum atomic E-state index is 0.0229. The summed E-state index contributed by atoms with van der Waals surface area (Å²) in [6.07, 6.45) is 0.406. The molecule has 1 amide bonds. The van der Waals surface area contributed by atoms with Crippen LogP contribution in [0.15, 0.2) is 18.2 Å². The molecule has 6 nitrogen and oxygen atoms in total. The van der Waals surface area contributed by atoms with Crippen molar-refractivity contribution in [1.29, 1.82) is 0 Å². The van der Waals surface area contributed by atoms with Crippen LogP contribution in [0.2, 0.25) is 0 Å². The lowest BCUT2D eigenvalue weighted by atomic mass is 10.1. The molecule has 0 aromatic heterocycles. The largest absolute Gasteiger partial charge is 0.428 e. The number of nitrogens with zero attached hydrogens (tertiary/aromatic N) is 2. The van der Waals surface area contributed by atoms with E-state index in [-0.39, 0.29) is 11.7 Å². The Morgan fingerprint density at radius 2 is 1.91 bits per heavy atom. The maximum Gasteiger partial charge on any atom is 0.298 e. The van der Waals surface area contributed by atoms with Crippen LogP contribution in [-0.4, -0.2) is 60.7 Å². The Balaban J connectivity index is 1.87. The third-order valence-electron chi connectivity index (χ3n) is 4.16. The van der Waals surface area contributed by atoms with Crippen LogP contribution in [-0.2, 0) is 9.59 Å². The fourth-order valence-electron chi connectivity index (χ4n) is 2.64. The van der Waals surface area contributed by atoms with Gasteiger partial charge in [0.2, 0.25) is 5.91 Å². The average Bonchev–Trinajstić information content (AvgIpc) is 2.55. The van der Waals surface area contributed by atoms with Crippen molar-refractivity contribution in [3.05, 3.63) is 29.3 Å².